The van der Waals surface area contributed by atoms with Gasteiger partial charge in [-0.25, -0.2) is 5.01 Å². The topological polar surface area (TPSA) is 66.2 Å². The van der Waals surface area contributed by atoms with Gasteiger partial charge in [-0.15, -0.1) is 10.2 Å². The predicted molar refractivity (Wildman–Crippen MR) is 123 cm³/mol. The summed E-state index contributed by atoms with van der Waals surface area (Å²) in [5.74, 6) is 0.803. The van der Waals surface area contributed by atoms with Crippen molar-refractivity contribution in [1.29, 1.82) is 0 Å². The summed E-state index contributed by atoms with van der Waals surface area (Å²) in [6, 6.07) is 14.9. The number of benzene rings is 2. The van der Waals surface area contributed by atoms with Gasteiger partial charge in [0.2, 0.25) is 11.1 Å². The van der Waals surface area contributed by atoms with Crippen LogP contribution in [0.1, 0.15) is 22.9 Å². The van der Waals surface area contributed by atoms with Crippen molar-refractivity contribution in [2.75, 3.05) is 26.3 Å². The van der Waals surface area contributed by atoms with Gasteiger partial charge < -0.3 is 9.64 Å². The highest BCUT2D eigenvalue weighted by Crippen LogP contribution is 2.42. The molecule has 0 spiro atoms. The first kappa shape index (κ1) is 19.5. The lowest BCUT2D eigenvalue weighted by Crippen LogP contribution is -2.47. The number of thioether (sulfide) groups is 1. The molecule has 0 amide bonds. The van der Waals surface area contributed by atoms with E-state index in [0.29, 0.717) is 18.3 Å². The van der Waals surface area contributed by atoms with Gasteiger partial charge in [0, 0.05) is 13.1 Å². The number of hydrazone groups is 1. The van der Waals surface area contributed by atoms with E-state index in [1.807, 2.05) is 11.9 Å². The van der Waals surface area contributed by atoms with E-state index in [-0.39, 0.29) is 5.37 Å². The second-order valence-corrected chi connectivity index (χ2v) is 9.55. The molecule has 2 aliphatic heterocycles. The fourth-order valence-electron chi connectivity index (χ4n) is 3.70. The summed E-state index contributed by atoms with van der Waals surface area (Å²) in [5, 5.41) is 20.3. The quantitative estimate of drug-likeness (QED) is 0.436. The van der Waals surface area contributed by atoms with Crippen molar-refractivity contribution in [3.63, 3.8) is 0 Å². The van der Waals surface area contributed by atoms with Crippen LogP contribution in [0.3, 0.4) is 0 Å². The van der Waals surface area contributed by atoms with Crippen LogP contribution < -0.4 is 0 Å². The van der Waals surface area contributed by atoms with Gasteiger partial charge in [-0.3, -0.25) is 0 Å². The van der Waals surface area contributed by atoms with Gasteiger partial charge in [0.25, 0.3) is 0 Å². The molecule has 0 aliphatic carbocycles. The van der Waals surface area contributed by atoms with E-state index in [1.165, 1.54) is 27.7 Å². The molecule has 2 aliphatic rings. The molecule has 3 aromatic rings. The largest absolute Gasteiger partial charge is 0.378 e. The first-order valence-electron chi connectivity index (χ1n) is 9.89. The zero-order valence-electron chi connectivity index (χ0n) is 16.9. The van der Waals surface area contributed by atoms with Gasteiger partial charge in [0.05, 0.1) is 18.3 Å². The second-order valence-electron chi connectivity index (χ2n) is 7.12. The number of morpholine rings is 1. The Morgan fingerprint density at radius 2 is 1.87 bits per heavy atom. The average molecular weight is 439 g/mol. The van der Waals surface area contributed by atoms with E-state index < -0.39 is 0 Å². The second kappa shape index (κ2) is 8.33. The number of hydrogen-bond donors (Lipinski definition) is 0. The number of nitrogens with zero attached hydrogens (tertiary/aromatic N) is 6. The van der Waals surface area contributed by atoms with Crippen LogP contribution in [0.25, 0.3) is 10.8 Å². The Labute approximate surface area is 183 Å². The van der Waals surface area contributed by atoms with Crippen LogP contribution in [-0.4, -0.2) is 57.4 Å². The normalized spacial score (nSPS) is 20.1. The number of aromatic nitrogens is 2. The minimum atomic E-state index is 0.00622. The van der Waals surface area contributed by atoms with Crippen molar-refractivity contribution in [1.82, 2.24) is 20.1 Å². The number of guanidine groups is 1. The molecule has 0 bridgehead atoms. The van der Waals surface area contributed by atoms with Crippen molar-refractivity contribution < 1.29 is 4.74 Å². The van der Waals surface area contributed by atoms with Crippen molar-refractivity contribution >= 4 is 50.0 Å². The highest BCUT2D eigenvalue weighted by Gasteiger charge is 2.35. The number of hydrogen-bond acceptors (Lipinski definition) is 7. The molecule has 5 rings (SSSR count). The number of aryl methyl sites for hydroxylation is 1. The summed E-state index contributed by atoms with van der Waals surface area (Å²) in [7, 11) is 0. The van der Waals surface area contributed by atoms with Crippen LogP contribution in [0.15, 0.2) is 52.6 Å². The summed E-state index contributed by atoms with van der Waals surface area (Å²) in [5.41, 5.74) is 1.23. The Bertz CT molecular complexity index is 1120. The van der Waals surface area contributed by atoms with Crippen molar-refractivity contribution in [2.45, 2.75) is 19.2 Å². The number of fused-ring (bicyclic) bond motifs is 1. The molecular formula is C21H22N6OS2. The number of ether oxygens (including phenoxy) is 1. The molecule has 0 radical (unpaired) electrons. The van der Waals surface area contributed by atoms with Crippen molar-refractivity contribution in [3.05, 3.63) is 53.0 Å². The van der Waals surface area contributed by atoms with Gasteiger partial charge >= 0.3 is 0 Å². The zero-order valence-corrected chi connectivity index (χ0v) is 18.5. The molecule has 1 unspecified atom stereocenters. The molecule has 1 fully saturated rings. The van der Waals surface area contributed by atoms with E-state index in [4.69, 9.17) is 14.8 Å². The van der Waals surface area contributed by atoms with Gasteiger partial charge in [-0.2, -0.15) is 10.1 Å². The van der Waals surface area contributed by atoms with Gasteiger partial charge in [-0.1, -0.05) is 65.6 Å². The minimum absolute atomic E-state index is 0.00622. The van der Waals surface area contributed by atoms with Crippen LogP contribution in [0.5, 0.6) is 0 Å². The van der Waals surface area contributed by atoms with Crippen LogP contribution >= 0.6 is 23.1 Å². The summed E-state index contributed by atoms with van der Waals surface area (Å²) in [4.78, 5) is 7.15. The third-order valence-corrected chi connectivity index (χ3v) is 6.88. The number of rotatable bonds is 2. The number of aliphatic imine (C=N–C) groups is 1. The lowest BCUT2D eigenvalue weighted by atomic mass is 10.0. The zero-order chi connectivity index (χ0) is 20.5. The van der Waals surface area contributed by atoms with Gasteiger partial charge in [-0.05, 0) is 30.2 Å². The van der Waals surface area contributed by atoms with Crippen LogP contribution in [0, 0.1) is 6.92 Å². The maximum Gasteiger partial charge on any atom is 0.234 e. The Kier molecular flexibility index (Phi) is 5.41. The highest BCUT2D eigenvalue weighted by atomic mass is 32.2. The summed E-state index contributed by atoms with van der Waals surface area (Å²) in [6.45, 7) is 6.89. The van der Waals surface area contributed by atoms with E-state index >= 15 is 0 Å². The standard InChI is InChI=1S/C21H22N6OS2/c1-14-23-24-20(30-14)22-21(26-10-12-28-13-11-26)27-19(29-15(2)25-27)18-9-5-7-16-6-3-4-8-17(16)18/h3-9,19H,10-13H2,1-2H3/b22-21+. The Balaban J connectivity index is 1.60. The van der Waals surface area contributed by atoms with Crippen molar-refractivity contribution in [2.24, 2.45) is 10.1 Å². The van der Waals surface area contributed by atoms with Gasteiger partial charge in [0.15, 0.2) is 0 Å². The van der Waals surface area contributed by atoms with E-state index in [9.17, 15) is 0 Å². The van der Waals surface area contributed by atoms with E-state index in [1.54, 1.807) is 11.8 Å². The van der Waals surface area contributed by atoms with Crippen LogP contribution in [0.2, 0.25) is 0 Å². The summed E-state index contributed by atoms with van der Waals surface area (Å²) < 4.78 is 5.58. The lowest BCUT2D eigenvalue weighted by Gasteiger charge is -2.35. The molecule has 30 heavy (non-hydrogen) atoms. The fourth-order valence-corrected chi connectivity index (χ4v) is 5.28. The molecule has 0 saturated carbocycles. The van der Waals surface area contributed by atoms with E-state index in [2.05, 4.69) is 64.5 Å². The van der Waals surface area contributed by atoms with Crippen LogP contribution in [0.4, 0.5) is 5.13 Å². The third-order valence-electron chi connectivity index (χ3n) is 5.05. The average Bonchev–Trinajstić information content (AvgIpc) is 3.37. The van der Waals surface area contributed by atoms with Crippen molar-refractivity contribution in [3.8, 4) is 0 Å². The molecule has 2 aromatic carbocycles. The molecule has 1 aromatic heterocycles. The molecule has 0 N–H and O–H groups in total. The first-order chi connectivity index (χ1) is 14.7. The third kappa shape index (κ3) is 3.80. The van der Waals surface area contributed by atoms with E-state index in [0.717, 1.165) is 29.1 Å². The Hall–Kier alpha value is -2.49. The summed E-state index contributed by atoms with van der Waals surface area (Å²) in [6.07, 6.45) is 0. The molecule has 3 heterocycles. The SMILES string of the molecule is CC1=NN(/C(=N/c2nnc(C)s2)N2CCOCC2)C(c2cccc3ccccc23)S1. The van der Waals surface area contributed by atoms with Crippen LogP contribution in [-0.2, 0) is 4.74 Å². The summed E-state index contributed by atoms with van der Waals surface area (Å²) >= 11 is 3.24. The molecule has 9 heteroatoms. The maximum atomic E-state index is 5.58. The van der Waals surface area contributed by atoms with Gasteiger partial charge in [0.1, 0.15) is 10.4 Å². The molecule has 1 atom stereocenters. The Morgan fingerprint density at radius 3 is 2.67 bits per heavy atom. The fraction of sp³-hybridized carbons (Fsp3) is 0.333. The Morgan fingerprint density at radius 1 is 1.07 bits per heavy atom. The monoisotopic (exact) mass is 438 g/mol. The minimum Gasteiger partial charge on any atom is -0.378 e. The predicted octanol–water partition coefficient (Wildman–Crippen LogP) is 4.40. The molecular weight excluding hydrogens is 416 g/mol. The maximum absolute atomic E-state index is 5.58. The first-order valence-corrected chi connectivity index (χ1v) is 11.6. The smallest absolute Gasteiger partial charge is 0.234 e. The molecule has 154 valence electrons. The molecule has 1 saturated heterocycles. The molecule has 7 nitrogen and oxygen atoms in total. The highest BCUT2D eigenvalue weighted by molar-refractivity contribution is 8.14. The lowest BCUT2D eigenvalue weighted by molar-refractivity contribution is 0.0620.